The molecule has 3 aromatic rings. The summed E-state index contributed by atoms with van der Waals surface area (Å²) in [6.07, 6.45) is 9.59. The van der Waals surface area contributed by atoms with Crippen molar-refractivity contribution in [2.45, 2.75) is 51.9 Å². The second-order valence-electron chi connectivity index (χ2n) is 8.88. The smallest absolute Gasteiger partial charge is 0.244 e. The fourth-order valence-corrected chi connectivity index (χ4v) is 6.24. The Labute approximate surface area is 205 Å². The summed E-state index contributed by atoms with van der Waals surface area (Å²) >= 11 is 1.79. The number of likely N-dealkylation sites (tertiary alicyclic amines) is 1. The first-order valence-electron chi connectivity index (χ1n) is 11.9. The van der Waals surface area contributed by atoms with Gasteiger partial charge < -0.3 is 4.90 Å². The summed E-state index contributed by atoms with van der Waals surface area (Å²) in [7, 11) is 0. The van der Waals surface area contributed by atoms with Crippen molar-refractivity contribution in [1.82, 2.24) is 19.7 Å². The average Bonchev–Trinajstić information content (AvgIpc) is 3.36. The number of hydrogen-bond donors (Lipinski definition) is 1. The first-order chi connectivity index (χ1) is 15.7. The number of thiazole rings is 1. The van der Waals surface area contributed by atoms with E-state index in [9.17, 15) is 4.79 Å². The van der Waals surface area contributed by atoms with Crippen LogP contribution in [0.1, 0.15) is 55.3 Å². The van der Waals surface area contributed by atoms with Crippen LogP contribution in [0.4, 0.5) is 0 Å². The molecule has 1 amide bonds. The molecule has 176 valence electrons. The summed E-state index contributed by atoms with van der Waals surface area (Å²) in [6.45, 7) is 5.18. The predicted octanol–water partition coefficient (Wildman–Crippen LogP) is 4.94. The SMILES string of the molecule is CCCN1CCCC(C(=O)NN=Cc2c(-c3ccccc3)nc3sc4c(n23)CCCC4)C1.Cl. The number of amides is 1. The molecule has 1 aromatic carbocycles. The molecule has 0 bridgehead atoms. The minimum Gasteiger partial charge on any atom is -0.303 e. The molecule has 1 N–H and O–H groups in total. The Bertz CT molecular complexity index is 1120. The number of aromatic nitrogens is 2. The molecule has 0 radical (unpaired) electrons. The largest absolute Gasteiger partial charge is 0.303 e. The molecule has 1 atom stereocenters. The van der Waals surface area contributed by atoms with E-state index in [-0.39, 0.29) is 24.2 Å². The topological polar surface area (TPSA) is 62.0 Å². The number of rotatable bonds is 6. The van der Waals surface area contributed by atoms with Crippen LogP contribution in [0.15, 0.2) is 35.4 Å². The zero-order valence-electron chi connectivity index (χ0n) is 19.1. The minimum absolute atomic E-state index is 0. The lowest BCUT2D eigenvalue weighted by molar-refractivity contribution is -0.126. The third kappa shape index (κ3) is 5.00. The number of imidazole rings is 1. The molecule has 1 aliphatic heterocycles. The molecule has 0 spiro atoms. The van der Waals surface area contributed by atoms with E-state index in [4.69, 9.17) is 4.98 Å². The first kappa shape index (κ1) is 23.9. The van der Waals surface area contributed by atoms with E-state index < -0.39 is 0 Å². The number of hydrazone groups is 1. The van der Waals surface area contributed by atoms with Crippen molar-refractivity contribution in [2.75, 3.05) is 19.6 Å². The van der Waals surface area contributed by atoms with E-state index in [2.05, 4.69) is 38.9 Å². The number of benzene rings is 1. The Kier molecular flexibility index (Phi) is 7.83. The van der Waals surface area contributed by atoms with Gasteiger partial charge in [0, 0.05) is 22.7 Å². The number of aryl methyl sites for hydroxylation is 2. The molecule has 1 unspecified atom stereocenters. The van der Waals surface area contributed by atoms with E-state index >= 15 is 0 Å². The van der Waals surface area contributed by atoms with Crippen molar-refractivity contribution in [1.29, 1.82) is 0 Å². The lowest BCUT2D eigenvalue weighted by Gasteiger charge is -2.31. The quantitative estimate of drug-likeness (QED) is 0.397. The van der Waals surface area contributed by atoms with Gasteiger partial charge >= 0.3 is 0 Å². The van der Waals surface area contributed by atoms with Gasteiger partial charge in [0.1, 0.15) is 0 Å². The van der Waals surface area contributed by atoms with Gasteiger partial charge in [-0.2, -0.15) is 5.10 Å². The maximum atomic E-state index is 12.8. The number of nitrogens with one attached hydrogen (secondary N) is 1. The Balaban J connectivity index is 0.00000259. The van der Waals surface area contributed by atoms with Gasteiger partial charge in [-0.15, -0.1) is 23.7 Å². The van der Waals surface area contributed by atoms with E-state index in [1.54, 1.807) is 17.6 Å². The first-order valence-corrected chi connectivity index (χ1v) is 12.7. The van der Waals surface area contributed by atoms with Gasteiger partial charge in [0.2, 0.25) is 5.91 Å². The molecule has 2 aliphatic rings. The molecule has 3 heterocycles. The Morgan fingerprint density at radius 3 is 2.88 bits per heavy atom. The second-order valence-corrected chi connectivity index (χ2v) is 9.94. The van der Waals surface area contributed by atoms with Crippen molar-refractivity contribution in [3.8, 4) is 11.3 Å². The summed E-state index contributed by atoms with van der Waals surface area (Å²) in [5, 5.41) is 4.43. The number of halogens is 1. The maximum absolute atomic E-state index is 12.8. The average molecular weight is 486 g/mol. The molecule has 5 rings (SSSR count). The lowest BCUT2D eigenvalue weighted by atomic mass is 9.97. The van der Waals surface area contributed by atoms with Crippen molar-refractivity contribution in [3.05, 3.63) is 46.6 Å². The molecular weight excluding hydrogens is 454 g/mol. The van der Waals surface area contributed by atoms with Crippen LogP contribution in [-0.4, -0.2) is 46.0 Å². The Morgan fingerprint density at radius 1 is 1.24 bits per heavy atom. The van der Waals surface area contributed by atoms with Crippen molar-refractivity contribution < 1.29 is 4.79 Å². The number of carbonyl (C=O) groups excluding carboxylic acids is 1. The highest BCUT2D eigenvalue weighted by atomic mass is 35.5. The number of fused-ring (bicyclic) bond motifs is 3. The third-order valence-corrected chi connectivity index (χ3v) is 7.72. The van der Waals surface area contributed by atoms with Crippen LogP contribution >= 0.6 is 23.7 Å². The van der Waals surface area contributed by atoms with Gasteiger partial charge in [-0.1, -0.05) is 37.3 Å². The van der Waals surface area contributed by atoms with Crippen LogP contribution < -0.4 is 5.43 Å². The van der Waals surface area contributed by atoms with E-state index in [0.717, 1.165) is 73.7 Å². The highest BCUT2D eigenvalue weighted by molar-refractivity contribution is 7.17. The molecule has 1 saturated heterocycles. The summed E-state index contributed by atoms with van der Waals surface area (Å²) < 4.78 is 2.26. The predicted molar refractivity (Wildman–Crippen MR) is 138 cm³/mol. The molecule has 1 aliphatic carbocycles. The highest BCUT2D eigenvalue weighted by Crippen LogP contribution is 2.34. The molecule has 0 saturated carbocycles. The van der Waals surface area contributed by atoms with Crippen LogP contribution in [-0.2, 0) is 17.6 Å². The van der Waals surface area contributed by atoms with Gasteiger partial charge in [0.05, 0.1) is 23.5 Å². The Morgan fingerprint density at radius 2 is 2.06 bits per heavy atom. The van der Waals surface area contributed by atoms with E-state index in [0.29, 0.717) is 0 Å². The third-order valence-electron chi connectivity index (χ3n) is 6.58. The minimum atomic E-state index is 0. The highest BCUT2D eigenvalue weighted by Gasteiger charge is 2.26. The van der Waals surface area contributed by atoms with Gasteiger partial charge in [0.15, 0.2) is 4.96 Å². The molecule has 1 fully saturated rings. The van der Waals surface area contributed by atoms with Crippen LogP contribution in [0.5, 0.6) is 0 Å². The fourth-order valence-electron chi connectivity index (χ4n) is 5.02. The van der Waals surface area contributed by atoms with Crippen molar-refractivity contribution in [3.63, 3.8) is 0 Å². The number of piperidine rings is 1. The monoisotopic (exact) mass is 485 g/mol. The summed E-state index contributed by atoms with van der Waals surface area (Å²) in [5.74, 6) is 0.0387. The van der Waals surface area contributed by atoms with Crippen LogP contribution in [0, 0.1) is 5.92 Å². The molecule has 33 heavy (non-hydrogen) atoms. The number of nitrogens with zero attached hydrogens (tertiary/aromatic N) is 4. The summed E-state index contributed by atoms with van der Waals surface area (Å²) in [4.78, 5) is 22.6. The summed E-state index contributed by atoms with van der Waals surface area (Å²) in [6, 6.07) is 10.3. The zero-order valence-corrected chi connectivity index (χ0v) is 20.8. The standard InChI is InChI=1S/C25H31N5OS.ClH/c1-2-14-29-15-8-11-19(17-29)24(31)28-26-16-21-23(18-9-4-3-5-10-18)27-25-30(21)20-12-6-7-13-22(20)32-25;/h3-5,9-10,16,19H,2,6-8,11-15,17H2,1H3,(H,28,31);1H. The zero-order chi connectivity index (χ0) is 21.9. The fraction of sp³-hybridized carbons (Fsp3) is 0.480. The Hall–Kier alpha value is -2.22. The summed E-state index contributed by atoms with van der Waals surface area (Å²) in [5.41, 5.74) is 7.16. The lowest BCUT2D eigenvalue weighted by Crippen LogP contribution is -2.42. The number of carbonyl (C=O) groups is 1. The van der Waals surface area contributed by atoms with Crippen molar-refractivity contribution >= 4 is 40.8 Å². The van der Waals surface area contributed by atoms with Crippen LogP contribution in [0.3, 0.4) is 0 Å². The maximum Gasteiger partial charge on any atom is 0.244 e. The number of hydrogen-bond acceptors (Lipinski definition) is 5. The van der Waals surface area contributed by atoms with Crippen LogP contribution in [0.25, 0.3) is 16.2 Å². The van der Waals surface area contributed by atoms with Crippen molar-refractivity contribution in [2.24, 2.45) is 11.0 Å². The molecule has 2 aromatic heterocycles. The van der Waals surface area contributed by atoms with E-state index in [1.807, 2.05) is 18.2 Å². The van der Waals surface area contributed by atoms with Gasteiger partial charge in [-0.05, 0) is 58.0 Å². The molecule has 8 heteroatoms. The molecular formula is C25H32ClN5OS. The molecule has 6 nitrogen and oxygen atoms in total. The van der Waals surface area contributed by atoms with Crippen LogP contribution in [0.2, 0.25) is 0 Å². The van der Waals surface area contributed by atoms with Gasteiger partial charge in [-0.3, -0.25) is 9.20 Å². The van der Waals surface area contributed by atoms with E-state index in [1.165, 1.54) is 23.4 Å². The van der Waals surface area contributed by atoms with Gasteiger partial charge in [0.25, 0.3) is 0 Å². The second kappa shape index (κ2) is 10.8. The normalized spacial score (nSPS) is 18.9. The van der Waals surface area contributed by atoms with Gasteiger partial charge in [-0.25, -0.2) is 10.4 Å².